The van der Waals surface area contributed by atoms with Gasteiger partial charge in [-0.25, -0.2) is 4.98 Å². The maximum Gasteiger partial charge on any atom is 0.251 e. The lowest BCUT2D eigenvalue weighted by Crippen LogP contribution is -2.25. The molecule has 0 saturated heterocycles. The van der Waals surface area contributed by atoms with E-state index in [2.05, 4.69) is 10.3 Å². The molecule has 3 aromatic rings. The molecule has 2 aromatic carbocycles. The minimum Gasteiger partial charge on any atom is -0.497 e. The molecule has 0 radical (unpaired) electrons. The van der Waals surface area contributed by atoms with Gasteiger partial charge in [0.15, 0.2) is 0 Å². The fourth-order valence-electron chi connectivity index (χ4n) is 2.48. The lowest BCUT2D eigenvalue weighted by molar-refractivity contribution is 0.0953. The second-order valence-corrected chi connectivity index (χ2v) is 6.48. The number of nitrogens with zero attached hydrogens (tertiary/aromatic N) is 1. The van der Waals surface area contributed by atoms with E-state index in [4.69, 9.17) is 9.47 Å². The van der Waals surface area contributed by atoms with Crippen LogP contribution in [0.2, 0.25) is 0 Å². The number of hydrogen-bond donors (Lipinski definition) is 1. The van der Waals surface area contributed by atoms with Crippen LogP contribution in [-0.4, -0.2) is 31.7 Å². The highest BCUT2D eigenvalue weighted by Crippen LogP contribution is 2.24. The van der Waals surface area contributed by atoms with Crippen LogP contribution in [0.5, 0.6) is 11.5 Å². The summed E-state index contributed by atoms with van der Waals surface area (Å²) in [6, 6.07) is 15.2. The van der Waals surface area contributed by atoms with Crippen LogP contribution in [0.15, 0.2) is 53.9 Å². The minimum atomic E-state index is -0.166. The van der Waals surface area contributed by atoms with Gasteiger partial charge in [0, 0.05) is 35.5 Å². The molecule has 0 fully saturated rings. The van der Waals surface area contributed by atoms with E-state index in [1.807, 2.05) is 35.7 Å². The second kappa shape index (κ2) is 8.49. The summed E-state index contributed by atoms with van der Waals surface area (Å²) in [5.74, 6) is 1.00. The molecule has 1 amide bonds. The van der Waals surface area contributed by atoms with Crippen molar-refractivity contribution in [3.8, 4) is 22.1 Å². The minimum absolute atomic E-state index is 0.166. The zero-order chi connectivity index (χ0) is 18.4. The number of thiazole rings is 1. The molecule has 0 aliphatic rings. The van der Waals surface area contributed by atoms with Gasteiger partial charge < -0.3 is 14.8 Å². The molecule has 134 valence electrons. The van der Waals surface area contributed by atoms with Crippen molar-refractivity contribution < 1.29 is 14.3 Å². The van der Waals surface area contributed by atoms with Crippen molar-refractivity contribution in [1.82, 2.24) is 10.3 Å². The van der Waals surface area contributed by atoms with Gasteiger partial charge in [-0.3, -0.25) is 4.79 Å². The molecule has 1 heterocycles. The third-order valence-corrected chi connectivity index (χ3v) is 4.79. The Morgan fingerprint density at radius 1 is 1.08 bits per heavy atom. The van der Waals surface area contributed by atoms with Crippen LogP contribution in [0.1, 0.15) is 16.1 Å². The number of hydrogen-bond acceptors (Lipinski definition) is 5. The van der Waals surface area contributed by atoms with Gasteiger partial charge in [-0.05, 0) is 12.1 Å². The molecule has 0 spiro atoms. The van der Waals surface area contributed by atoms with Crippen LogP contribution in [0.4, 0.5) is 0 Å². The molecule has 1 aromatic heterocycles. The Kier molecular flexibility index (Phi) is 5.86. The summed E-state index contributed by atoms with van der Waals surface area (Å²) in [5.41, 5.74) is 2.58. The highest BCUT2D eigenvalue weighted by atomic mass is 32.1. The number of nitrogens with one attached hydrogen (secondary N) is 1. The lowest BCUT2D eigenvalue weighted by Gasteiger charge is -2.09. The highest BCUT2D eigenvalue weighted by Gasteiger charge is 2.10. The molecular weight excluding hydrogens is 348 g/mol. The van der Waals surface area contributed by atoms with Crippen LogP contribution >= 0.6 is 11.3 Å². The summed E-state index contributed by atoms with van der Waals surface area (Å²) >= 11 is 1.61. The molecule has 1 N–H and O–H groups in total. The topological polar surface area (TPSA) is 60.5 Å². The van der Waals surface area contributed by atoms with E-state index in [1.165, 1.54) is 0 Å². The summed E-state index contributed by atoms with van der Waals surface area (Å²) < 4.78 is 10.4. The van der Waals surface area contributed by atoms with Gasteiger partial charge in [0.2, 0.25) is 0 Å². The lowest BCUT2D eigenvalue weighted by atomic mass is 10.2. The highest BCUT2D eigenvalue weighted by molar-refractivity contribution is 7.13. The van der Waals surface area contributed by atoms with Crippen molar-refractivity contribution in [2.45, 2.75) is 6.42 Å². The molecule has 0 aliphatic heterocycles. The molecular formula is C20H20N2O3S. The first-order chi connectivity index (χ1) is 12.7. The first-order valence-corrected chi connectivity index (χ1v) is 9.08. The van der Waals surface area contributed by atoms with Gasteiger partial charge in [0.25, 0.3) is 5.91 Å². The molecule has 0 atom stereocenters. The Labute approximate surface area is 156 Å². The van der Waals surface area contributed by atoms with Crippen molar-refractivity contribution in [3.63, 3.8) is 0 Å². The van der Waals surface area contributed by atoms with E-state index in [0.717, 1.165) is 16.3 Å². The van der Waals surface area contributed by atoms with E-state index < -0.39 is 0 Å². The Bertz CT molecular complexity index is 856. The Morgan fingerprint density at radius 3 is 2.42 bits per heavy atom. The number of carbonyl (C=O) groups excluding carboxylic acids is 1. The third-order valence-electron chi connectivity index (χ3n) is 3.85. The Balaban J connectivity index is 1.58. The molecule has 26 heavy (non-hydrogen) atoms. The van der Waals surface area contributed by atoms with Gasteiger partial charge in [-0.2, -0.15) is 0 Å². The fraction of sp³-hybridized carbons (Fsp3) is 0.200. The summed E-state index contributed by atoms with van der Waals surface area (Å²) in [5, 5.41) is 5.93. The third kappa shape index (κ3) is 4.40. The van der Waals surface area contributed by atoms with Crippen molar-refractivity contribution in [2.75, 3.05) is 20.8 Å². The average Bonchev–Trinajstić information content (AvgIpc) is 3.17. The van der Waals surface area contributed by atoms with Crippen LogP contribution < -0.4 is 14.8 Å². The van der Waals surface area contributed by atoms with Crippen LogP contribution in [0, 0.1) is 0 Å². The standard InChI is InChI=1S/C20H20N2O3S/c1-24-17-10-15(11-18(12-17)25-2)19(23)21-9-8-16-13-26-20(22-16)14-6-4-3-5-7-14/h3-7,10-13H,8-9H2,1-2H3,(H,21,23). The maximum absolute atomic E-state index is 12.4. The van der Waals surface area contributed by atoms with Gasteiger partial charge >= 0.3 is 0 Å². The van der Waals surface area contributed by atoms with Crippen molar-refractivity contribution >= 4 is 17.2 Å². The Hall–Kier alpha value is -2.86. The van der Waals surface area contributed by atoms with Crippen molar-refractivity contribution in [2.24, 2.45) is 0 Å². The number of ether oxygens (including phenoxy) is 2. The largest absolute Gasteiger partial charge is 0.497 e. The number of amides is 1. The molecule has 5 nitrogen and oxygen atoms in total. The first kappa shape index (κ1) is 17.9. The molecule has 0 saturated carbocycles. The number of rotatable bonds is 7. The SMILES string of the molecule is COc1cc(OC)cc(C(=O)NCCc2csc(-c3ccccc3)n2)c1. The van der Waals surface area contributed by atoms with E-state index in [-0.39, 0.29) is 5.91 Å². The number of methoxy groups -OCH3 is 2. The molecule has 0 aliphatic carbocycles. The van der Waals surface area contributed by atoms with Crippen LogP contribution in [0.3, 0.4) is 0 Å². The van der Waals surface area contributed by atoms with Gasteiger partial charge in [0.1, 0.15) is 16.5 Å². The zero-order valence-corrected chi connectivity index (χ0v) is 15.5. The molecule has 3 rings (SSSR count). The predicted molar refractivity (Wildman–Crippen MR) is 103 cm³/mol. The average molecular weight is 368 g/mol. The number of carbonyl (C=O) groups is 1. The quantitative estimate of drug-likeness (QED) is 0.689. The van der Waals surface area contributed by atoms with Gasteiger partial charge in [0.05, 0.1) is 19.9 Å². The smallest absolute Gasteiger partial charge is 0.251 e. The maximum atomic E-state index is 12.4. The van der Waals surface area contributed by atoms with Gasteiger partial charge in [-0.15, -0.1) is 11.3 Å². The van der Waals surface area contributed by atoms with E-state index in [0.29, 0.717) is 30.0 Å². The van der Waals surface area contributed by atoms with Crippen LogP contribution in [-0.2, 0) is 6.42 Å². The normalized spacial score (nSPS) is 10.4. The van der Waals surface area contributed by atoms with E-state index in [1.54, 1.807) is 43.8 Å². The summed E-state index contributed by atoms with van der Waals surface area (Å²) in [6.07, 6.45) is 0.677. The zero-order valence-electron chi connectivity index (χ0n) is 14.7. The van der Waals surface area contributed by atoms with Crippen molar-refractivity contribution in [1.29, 1.82) is 0 Å². The molecule has 0 bridgehead atoms. The molecule has 6 heteroatoms. The summed E-state index contributed by atoms with van der Waals surface area (Å²) in [6.45, 7) is 0.510. The summed E-state index contributed by atoms with van der Waals surface area (Å²) in [4.78, 5) is 17.0. The number of aromatic nitrogens is 1. The summed E-state index contributed by atoms with van der Waals surface area (Å²) in [7, 11) is 3.12. The number of benzene rings is 2. The van der Waals surface area contributed by atoms with Crippen LogP contribution in [0.25, 0.3) is 10.6 Å². The second-order valence-electron chi connectivity index (χ2n) is 5.62. The van der Waals surface area contributed by atoms with E-state index in [9.17, 15) is 4.79 Å². The van der Waals surface area contributed by atoms with Gasteiger partial charge in [-0.1, -0.05) is 30.3 Å². The fourth-order valence-corrected chi connectivity index (χ4v) is 3.34. The molecule has 0 unspecified atom stereocenters. The predicted octanol–water partition coefficient (Wildman–Crippen LogP) is 3.80. The van der Waals surface area contributed by atoms with E-state index >= 15 is 0 Å². The van der Waals surface area contributed by atoms with Crippen molar-refractivity contribution in [3.05, 3.63) is 65.2 Å². The first-order valence-electron chi connectivity index (χ1n) is 8.20. The monoisotopic (exact) mass is 368 g/mol. The Morgan fingerprint density at radius 2 is 1.77 bits per heavy atom.